The first kappa shape index (κ1) is 46.7. The third kappa shape index (κ3) is 7.00. The fraction of sp³-hybridized carbons (Fsp3) is 1.00. The van der Waals surface area contributed by atoms with Crippen molar-refractivity contribution in [1.29, 1.82) is 0 Å². The van der Waals surface area contributed by atoms with Crippen molar-refractivity contribution in [2.75, 3.05) is 0 Å². The van der Waals surface area contributed by atoms with Gasteiger partial charge in [-0.15, -0.1) is 0 Å². The lowest BCUT2D eigenvalue weighted by molar-refractivity contribution is -0.530. The van der Waals surface area contributed by atoms with E-state index in [1.54, 1.807) is 0 Å². The van der Waals surface area contributed by atoms with Crippen molar-refractivity contribution in [3.8, 4) is 0 Å². The van der Waals surface area contributed by atoms with Crippen LogP contribution in [0.5, 0.6) is 0 Å². The Hall–Kier alpha value is -2.28. The van der Waals surface area contributed by atoms with Gasteiger partial charge in [0.1, 0.15) is 0 Å². The first-order chi connectivity index (χ1) is 20.4. The summed E-state index contributed by atoms with van der Waals surface area (Å²) in [6.07, 6.45) is -52.7. The van der Waals surface area contributed by atoms with Gasteiger partial charge >= 0.3 is 84.3 Å². The molecule has 0 aliphatic heterocycles. The van der Waals surface area contributed by atoms with Crippen molar-refractivity contribution in [2.45, 2.75) is 84.3 Å². The molecule has 0 aliphatic rings. The Kier molecular flexibility index (Phi) is 11.1. The van der Waals surface area contributed by atoms with E-state index in [1.807, 2.05) is 0 Å². The van der Waals surface area contributed by atoms with Crippen LogP contribution in [0, 0.1) is 11.8 Å². The van der Waals surface area contributed by atoms with Crippen LogP contribution in [0.1, 0.15) is 0 Å². The van der Waals surface area contributed by atoms with Crippen molar-refractivity contribution >= 4 is 0 Å². The first-order valence-corrected chi connectivity index (χ1v) is 10.2. The van der Waals surface area contributed by atoms with Crippen LogP contribution < -0.4 is 0 Å². The SMILES string of the molecule is FC(F)(F)C(C(F)(F)F)C(F)(OC(F)(C(C(F)(F)F)C(F)(F)F)C(F)(F)C(F)(F)C(F)(F)C(F)(F)F)C(F)(F)C(F)(F)C(F)(F)C(F)(F)F. The van der Waals surface area contributed by atoms with E-state index in [4.69, 9.17) is 0 Å². The van der Waals surface area contributed by atoms with Crippen LogP contribution >= 0.6 is 0 Å². The molecular formula is C16H2F32O. The molecule has 0 radical (unpaired) electrons. The monoisotopic (exact) mass is 818 g/mol. The predicted octanol–water partition coefficient (Wildman–Crippen LogP) is 10.8. The maximum absolute atomic E-state index is 15.2. The quantitative estimate of drug-likeness (QED) is 0.200. The molecule has 0 N–H and O–H groups in total. The molecule has 0 amide bonds. The van der Waals surface area contributed by atoms with Gasteiger partial charge in [-0.25, -0.2) is 8.78 Å². The number of rotatable bonds is 10. The highest BCUT2D eigenvalue weighted by atomic mass is 19.5. The fourth-order valence-corrected chi connectivity index (χ4v) is 3.22. The summed E-state index contributed by atoms with van der Waals surface area (Å²) in [6.45, 7) is 0. The Labute approximate surface area is 243 Å². The number of alkyl halides is 32. The van der Waals surface area contributed by atoms with Crippen LogP contribution in [0.3, 0.4) is 0 Å². The molecule has 1 nitrogen and oxygen atoms in total. The summed E-state index contributed by atoms with van der Waals surface area (Å²) in [4.78, 5) is 0. The Morgan fingerprint density at radius 3 is 0.510 bits per heavy atom. The molecule has 296 valence electrons. The van der Waals surface area contributed by atoms with Crippen molar-refractivity contribution in [3.05, 3.63) is 0 Å². The zero-order chi connectivity index (χ0) is 40.9. The maximum atomic E-state index is 15.2. The van der Waals surface area contributed by atoms with E-state index in [9.17, 15) is 132 Å². The van der Waals surface area contributed by atoms with E-state index >= 15 is 8.78 Å². The van der Waals surface area contributed by atoms with E-state index in [0.29, 0.717) is 4.74 Å². The minimum Gasteiger partial charge on any atom is -0.296 e. The lowest BCUT2D eigenvalue weighted by Gasteiger charge is -2.50. The Morgan fingerprint density at radius 1 is 0.224 bits per heavy atom. The average molecular weight is 818 g/mol. The Bertz CT molecular complexity index is 1040. The highest BCUT2D eigenvalue weighted by Crippen LogP contribution is 2.68. The largest absolute Gasteiger partial charge is 0.460 e. The summed E-state index contributed by atoms with van der Waals surface area (Å²) < 4.78 is 427. The van der Waals surface area contributed by atoms with Crippen molar-refractivity contribution in [1.82, 2.24) is 0 Å². The molecule has 0 saturated heterocycles. The average Bonchev–Trinajstić information content (AvgIpc) is 2.72. The zero-order valence-corrected chi connectivity index (χ0v) is 20.7. The van der Waals surface area contributed by atoms with Gasteiger partial charge in [0.25, 0.3) is 0 Å². The number of ether oxygens (including phenoxy) is 1. The van der Waals surface area contributed by atoms with Crippen LogP contribution in [0.2, 0.25) is 0 Å². The molecule has 0 saturated carbocycles. The lowest BCUT2D eigenvalue weighted by Crippen LogP contribution is -2.78. The molecule has 0 heterocycles. The van der Waals surface area contributed by atoms with E-state index in [1.165, 1.54) is 0 Å². The molecule has 0 aliphatic carbocycles. The van der Waals surface area contributed by atoms with Gasteiger partial charge in [0.2, 0.25) is 11.8 Å². The summed E-state index contributed by atoms with van der Waals surface area (Å²) in [7, 11) is 0. The van der Waals surface area contributed by atoms with Gasteiger partial charge in [-0.3, -0.25) is 4.74 Å². The number of hydrogen-bond donors (Lipinski definition) is 0. The number of hydrogen-bond acceptors (Lipinski definition) is 1. The standard InChI is InChI=1S/C16H2F32O/c17-3(1(5(19,20)21)6(22,23)24,9(31,32)11(35,36)13(39,40)15(43,44)45)49-4(18,2(7(25,26)27)8(28,29)30)10(33,34)12(37,38)14(41,42)16(46,47)48/h1-2H. The van der Waals surface area contributed by atoms with E-state index < -0.39 is 96.1 Å². The van der Waals surface area contributed by atoms with Crippen LogP contribution in [-0.2, 0) is 4.74 Å². The molecule has 0 spiro atoms. The summed E-state index contributed by atoms with van der Waals surface area (Å²) in [5.41, 5.74) is 0. The van der Waals surface area contributed by atoms with E-state index in [2.05, 4.69) is 0 Å². The van der Waals surface area contributed by atoms with Gasteiger partial charge in [-0.2, -0.15) is 132 Å². The topological polar surface area (TPSA) is 9.23 Å². The zero-order valence-electron chi connectivity index (χ0n) is 20.7. The molecular weight excluding hydrogens is 816 g/mol. The lowest BCUT2D eigenvalue weighted by atomic mass is 9.83. The van der Waals surface area contributed by atoms with Crippen LogP contribution in [-0.4, -0.2) is 84.3 Å². The van der Waals surface area contributed by atoms with E-state index in [-0.39, 0.29) is 0 Å². The summed E-state index contributed by atoms with van der Waals surface area (Å²) in [6, 6.07) is 0. The predicted molar refractivity (Wildman–Crippen MR) is 81.8 cm³/mol. The minimum absolute atomic E-state index is 0.699. The molecule has 49 heavy (non-hydrogen) atoms. The van der Waals surface area contributed by atoms with Crippen LogP contribution in [0.4, 0.5) is 140 Å². The van der Waals surface area contributed by atoms with Crippen molar-refractivity contribution < 1.29 is 145 Å². The number of halogens is 32. The van der Waals surface area contributed by atoms with Crippen molar-refractivity contribution in [2.24, 2.45) is 11.8 Å². The maximum Gasteiger partial charge on any atom is 0.460 e. The fourth-order valence-electron chi connectivity index (χ4n) is 3.22. The second kappa shape index (κ2) is 11.6. The molecule has 0 rings (SSSR count). The van der Waals surface area contributed by atoms with Gasteiger partial charge in [0, 0.05) is 0 Å². The molecule has 0 aromatic heterocycles. The molecule has 0 aromatic rings. The third-order valence-corrected chi connectivity index (χ3v) is 5.49. The summed E-state index contributed by atoms with van der Waals surface area (Å²) in [5, 5.41) is 0. The normalized spacial score (nSPS) is 19.0. The Balaban J connectivity index is 9.13. The summed E-state index contributed by atoms with van der Waals surface area (Å²) in [5.74, 6) is -95.0. The van der Waals surface area contributed by atoms with E-state index in [0.717, 1.165) is 0 Å². The Morgan fingerprint density at radius 2 is 0.388 bits per heavy atom. The van der Waals surface area contributed by atoms with Gasteiger partial charge in [-0.05, 0) is 0 Å². The molecule has 2 atom stereocenters. The summed E-state index contributed by atoms with van der Waals surface area (Å²) >= 11 is 0. The molecule has 33 heteroatoms. The smallest absolute Gasteiger partial charge is 0.296 e. The molecule has 0 fully saturated rings. The molecule has 2 unspecified atom stereocenters. The van der Waals surface area contributed by atoms with Crippen LogP contribution in [0.15, 0.2) is 0 Å². The first-order valence-electron chi connectivity index (χ1n) is 10.2. The van der Waals surface area contributed by atoms with Gasteiger partial charge in [0.05, 0.1) is 0 Å². The highest BCUT2D eigenvalue weighted by molar-refractivity contribution is 5.15. The van der Waals surface area contributed by atoms with Gasteiger partial charge in [0.15, 0.2) is 0 Å². The molecule has 0 aromatic carbocycles. The van der Waals surface area contributed by atoms with Gasteiger partial charge < -0.3 is 0 Å². The second-order valence-electron chi connectivity index (χ2n) is 8.87. The van der Waals surface area contributed by atoms with Gasteiger partial charge in [-0.1, -0.05) is 0 Å². The second-order valence-corrected chi connectivity index (χ2v) is 8.87. The third-order valence-electron chi connectivity index (χ3n) is 5.49. The van der Waals surface area contributed by atoms with Crippen LogP contribution in [0.25, 0.3) is 0 Å². The van der Waals surface area contributed by atoms with Crippen molar-refractivity contribution in [3.63, 3.8) is 0 Å². The highest BCUT2D eigenvalue weighted by Gasteiger charge is 2.96. The molecule has 0 bridgehead atoms. The minimum atomic E-state index is -10.1.